The Hall–Kier alpha value is -0.930. The highest BCUT2D eigenvalue weighted by atomic mass is 19.1. The fourth-order valence-electron chi connectivity index (χ4n) is 2.19. The van der Waals surface area contributed by atoms with E-state index in [1.165, 1.54) is 25.0 Å². The molecule has 2 nitrogen and oxygen atoms in total. The van der Waals surface area contributed by atoms with E-state index in [0.29, 0.717) is 6.54 Å². The van der Waals surface area contributed by atoms with Gasteiger partial charge in [-0.15, -0.1) is 0 Å². The normalized spacial score (nSPS) is 17.2. The molecule has 0 spiro atoms. The summed E-state index contributed by atoms with van der Waals surface area (Å²) in [7, 11) is 0. The van der Waals surface area contributed by atoms with Crippen molar-refractivity contribution in [1.29, 1.82) is 0 Å². The minimum atomic E-state index is -0.292. The van der Waals surface area contributed by atoms with E-state index in [9.17, 15) is 9.50 Å². The molecule has 2 rings (SSSR count). The molecular formula is C16H24FNO. The zero-order valence-corrected chi connectivity index (χ0v) is 11.8. The Balaban J connectivity index is 1.94. The van der Waals surface area contributed by atoms with Gasteiger partial charge >= 0.3 is 0 Å². The number of benzene rings is 1. The number of halogens is 1. The smallest absolute Gasteiger partial charge is 0.123 e. The van der Waals surface area contributed by atoms with Crippen LogP contribution in [0.15, 0.2) is 24.3 Å². The molecule has 0 aromatic heterocycles. The Bertz CT molecular complexity index is 386. The van der Waals surface area contributed by atoms with E-state index in [0.717, 1.165) is 24.6 Å². The predicted octanol–water partition coefficient (Wildman–Crippen LogP) is 3.05. The highest BCUT2D eigenvalue weighted by molar-refractivity contribution is 5.16. The van der Waals surface area contributed by atoms with Gasteiger partial charge in [0, 0.05) is 19.6 Å². The van der Waals surface area contributed by atoms with Crippen molar-refractivity contribution in [2.45, 2.75) is 39.3 Å². The van der Waals surface area contributed by atoms with Crippen molar-refractivity contribution in [3.63, 3.8) is 0 Å². The van der Waals surface area contributed by atoms with Gasteiger partial charge in [0.2, 0.25) is 0 Å². The maximum Gasteiger partial charge on any atom is 0.123 e. The van der Waals surface area contributed by atoms with E-state index >= 15 is 0 Å². The molecule has 1 atom stereocenters. The molecule has 1 aromatic carbocycles. The Morgan fingerprint density at radius 3 is 2.42 bits per heavy atom. The van der Waals surface area contributed by atoms with Gasteiger partial charge in [-0.05, 0) is 42.4 Å². The van der Waals surface area contributed by atoms with Gasteiger partial charge in [0.15, 0.2) is 0 Å². The van der Waals surface area contributed by atoms with Crippen LogP contribution < -0.4 is 0 Å². The van der Waals surface area contributed by atoms with Crippen molar-refractivity contribution in [1.82, 2.24) is 4.90 Å². The van der Waals surface area contributed by atoms with Gasteiger partial charge in [0.25, 0.3) is 0 Å². The molecule has 19 heavy (non-hydrogen) atoms. The van der Waals surface area contributed by atoms with E-state index in [2.05, 4.69) is 4.90 Å². The van der Waals surface area contributed by atoms with Crippen LogP contribution in [0, 0.1) is 17.7 Å². The molecule has 0 heterocycles. The predicted molar refractivity (Wildman–Crippen MR) is 75.2 cm³/mol. The summed E-state index contributed by atoms with van der Waals surface area (Å²) in [5, 5.41) is 10.1. The third kappa shape index (κ3) is 4.92. The molecule has 1 aliphatic carbocycles. The quantitative estimate of drug-likeness (QED) is 0.819. The Kier molecular flexibility index (Phi) is 4.94. The fourth-order valence-corrected chi connectivity index (χ4v) is 2.19. The molecule has 0 aliphatic heterocycles. The van der Waals surface area contributed by atoms with Gasteiger partial charge in [-0.3, -0.25) is 4.90 Å². The molecule has 1 N–H and O–H groups in total. The standard InChI is InChI=1S/C16H24FNO/c1-12(2)16(19)11-18(9-13-3-4-13)10-14-5-7-15(17)8-6-14/h5-8,12-13,16,19H,3-4,9-11H2,1-2H3/t16-/m1/s1. The van der Waals surface area contributed by atoms with Crippen LogP contribution in [-0.4, -0.2) is 29.2 Å². The Morgan fingerprint density at radius 1 is 1.26 bits per heavy atom. The minimum Gasteiger partial charge on any atom is -0.392 e. The van der Waals surface area contributed by atoms with Gasteiger partial charge in [-0.2, -0.15) is 0 Å². The lowest BCUT2D eigenvalue weighted by Gasteiger charge is -2.26. The van der Waals surface area contributed by atoms with Crippen LogP contribution in [0.25, 0.3) is 0 Å². The number of nitrogens with zero attached hydrogens (tertiary/aromatic N) is 1. The van der Waals surface area contributed by atoms with Crippen molar-refractivity contribution in [2.75, 3.05) is 13.1 Å². The number of hydrogen-bond acceptors (Lipinski definition) is 2. The maximum atomic E-state index is 12.9. The lowest BCUT2D eigenvalue weighted by atomic mass is 10.1. The molecule has 3 heteroatoms. The summed E-state index contributed by atoms with van der Waals surface area (Å²) in [4.78, 5) is 2.30. The number of hydrogen-bond donors (Lipinski definition) is 1. The number of rotatable bonds is 7. The van der Waals surface area contributed by atoms with Gasteiger partial charge in [-0.25, -0.2) is 4.39 Å². The SMILES string of the molecule is CC(C)[C@H](O)CN(Cc1ccc(F)cc1)CC1CC1. The zero-order valence-electron chi connectivity index (χ0n) is 11.8. The molecule has 1 fully saturated rings. The van der Waals surface area contributed by atoms with E-state index in [-0.39, 0.29) is 17.8 Å². The number of aliphatic hydroxyl groups is 1. The molecule has 0 bridgehead atoms. The first kappa shape index (κ1) is 14.5. The van der Waals surface area contributed by atoms with E-state index in [1.54, 1.807) is 0 Å². The molecule has 1 aliphatic rings. The van der Waals surface area contributed by atoms with Crippen molar-refractivity contribution in [2.24, 2.45) is 11.8 Å². The number of aliphatic hydroxyl groups excluding tert-OH is 1. The second-order valence-corrected chi connectivity index (χ2v) is 6.08. The third-order valence-electron chi connectivity index (χ3n) is 3.75. The lowest BCUT2D eigenvalue weighted by Crippen LogP contribution is -2.36. The largest absolute Gasteiger partial charge is 0.392 e. The van der Waals surface area contributed by atoms with Crippen molar-refractivity contribution in [3.8, 4) is 0 Å². The summed E-state index contributed by atoms with van der Waals surface area (Å²) >= 11 is 0. The average molecular weight is 265 g/mol. The van der Waals surface area contributed by atoms with Crippen LogP contribution in [-0.2, 0) is 6.54 Å². The molecule has 0 radical (unpaired) electrons. The van der Waals surface area contributed by atoms with Crippen LogP contribution in [0.3, 0.4) is 0 Å². The first-order valence-electron chi connectivity index (χ1n) is 7.19. The second-order valence-electron chi connectivity index (χ2n) is 6.08. The van der Waals surface area contributed by atoms with E-state index in [1.807, 2.05) is 26.0 Å². The van der Waals surface area contributed by atoms with E-state index < -0.39 is 0 Å². The molecule has 106 valence electrons. The highest BCUT2D eigenvalue weighted by Crippen LogP contribution is 2.30. The van der Waals surface area contributed by atoms with Crippen LogP contribution in [0.5, 0.6) is 0 Å². The molecule has 1 saturated carbocycles. The summed E-state index contributed by atoms with van der Waals surface area (Å²) in [6.07, 6.45) is 2.31. The van der Waals surface area contributed by atoms with Gasteiger partial charge in [0.05, 0.1) is 6.10 Å². The first-order valence-corrected chi connectivity index (χ1v) is 7.19. The molecule has 0 saturated heterocycles. The van der Waals surface area contributed by atoms with Crippen LogP contribution >= 0.6 is 0 Å². The maximum absolute atomic E-state index is 12.9. The van der Waals surface area contributed by atoms with Crippen molar-refractivity contribution >= 4 is 0 Å². The van der Waals surface area contributed by atoms with E-state index in [4.69, 9.17) is 0 Å². The third-order valence-corrected chi connectivity index (χ3v) is 3.75. The second kappa shape index (κ2) is 6.49. The first-order chi connectivity index (χ1) is 9.04. The Morgan fingerprint density at radius 2 is 1.89 bits per heavy atom. The van der Waals surface area contributed by atoms with Crippen LogP contribution in [0.1, 0.15) is 32.3 Å². The van der Waals surface area contributed by atoms with Gasteiger partial charge in [0.1, 0.15) is 5.82 Å². The van der Waals surface area contributed by atoms with Crippen molar-refractivity contribution in [3.05, 3.63) is 35.6 Å². The zero-order chi connectivity index (χ0) is 13.8. The van der Waals surface area contributed by atoms with Crippen LogP contribution in [0.2, 0.25) is 0 Å². The average Bonchev–Trinajstić information content (AvgIpc) is 3.15. The van der Waals surface area contributed by atoms with Gasteiger partial charge < -0.3 is 5.11 Å². The minimum absolute atomic E-state index is 0.195. The van der Waals surface area contributed by atoms with Gasteiger partial charge in [-0.1, -0.05) is 26.0 Å². The van der Waals surface area contributed by atoms with Crippen LogP contribution in [0.4, 0.5) is 4.39 Å². The molecule has 1 aromatic rings. The molecule has 0 unspecified atom stereocenters. The Labute approximate surface area is 115 Å². The lowest BCUT2D eigenvalue weighted by molar-refractivity contribution is 0.0711. The summed E-state index contributed by atoms with van der Waals surface area (Å²) < 4.78 is 12.9. The summed E-state index contributed by atoms with van der Waals surface area (Å²) in [5.41, 5.74) is 1.11. The summed E-state index contributed by atoms with van der Waals surface area (Å²) in [6.45, 7) is 6.61. The summed E-state index contributed by atoms with van der Waals surface area (Å²) in [6, 6.07) is 6.67. The molecule has 0 amide bonds. The summed E-state index contributed by atoms with van der Waals surface area (Å²) in [5.74, 6) is 0.870. The monoisotopic (exact) mass is 265 g/mol. The highest BCUT2D eigenvalue weighted by Gasteiger charge is 2.25. The topological polar surface area (TPSA) is 23.5 Å². The van der Waals surface area contributed by atoms with Crippen molar-refractivity contribution < 1.29 is 9.50 Å². The molecular weight excluding hydrogens is 241 g/mol. The fraction of sp³-hybridized carbons (Fsp3) is 0.625.